The minimum absolute atomic E-state index is 0.0189. The van der Waals surface area contributed by atoms with Crippen LogP contribution in [0, 0.1) is 6.92 Å². The van der Waals surface area contributed by atoms with E-state index >= 15 is 0 Å². The van der Waals surface area contributed by atoms with Crippen LogP contribution in [-0.2, 0) is 22.7 Å². The number of esters is 1. The maximum absolute atomic E-state index is 13.3. The Morgan fingerprint density at radius 2 is 1.90 bits per heavy atom. The predicted octanol–water partition coefficient (Wildman–Crippen LogP) is 4.24. The molecule has 2 heterocycles. The van der Waals surface area contributed by atoms with Gasteiger partial charge in [-0.3, -0.25) is 14.2 Å². The van der Waals surface area contributed by atoms with E-state index in [-0.39, 0.29) is 19.1 Å². The summed E-state index contributed by atoms with van der Waals surface area (Å²) >= 11 is 5.96. The van der Waals surface area contributed by atoms with E-state index in [1.54, 1.807) is 65.3 Å². The third-order valence-corrected chi connectivity index (χ3v) is 5.34. The number of imidazole rings is 1. The van der Waals surface area contributed by atoms with Gasteiger partial charge < -0.3 is 14.0 Å². The number of nitrogens with zero attached hydrogens (tertiary/aromatic N) is 3. The number of halogens is 1. The van der Waals surface area contributed by atoms with Crippen LogP contribution >= 0.6 is 11.6 Å². The smallest absolute Gasteiger partial charge is 0.312 e. The molecule has 2 aromatic carbocycles. The quantitative estimate of drug-likeness (QED) is 0.422. The molecule has 0 atom stereocenters. The predicted molar refractivity (Wildman–Crippen MR) is 116 cm³/mol. The fraction of sp³-hybridized carbons (Fsp3) is 0.174. The molecule has 0 aliphatic heterocycles. The van der Waals surface area contributed by atoms with Crippen molar-refractivity contribution in [3.63, 3.8) is 0 Å². The molecule has 0 fully saturated rings. The molecule has 0 spiro atoms. The second-order valence-corrected chi connectivity index (χ2v) is 7.43. The molecule has 158 valence electrons. The first-order valence-corrected chi connectivity index (χ1v) is 9.95. The van der Waals surface area contributed by atoms with Gasteiger partial charge in [0.05, 0.1) is 25.4 Å². The van der Waals surface area contributed by atoms with Crippen molar-refractivity contribution in [2.45, 2.75) is 20.1 Å². The van der Waals surface area contributed by atoms with Gasteiger partial charge in [-0.15, -0.1) is 0 Å². The summed E-state index contributed by atoms with van der Waals surface area (Å²) in [6.07, 6.45) is 4.91. The number of ether oxygens (including phenoxy) is 2. The fourth-order valence-corrected chi connectivity index (χ4v) is 3.63. The zero-order valence-electron chi connectivity index (χ0n) is 17.0. The van der Waals surface area contributed by atoms with Gasteiger partial charge in [0.2, 0.25) is 0 Å². The van der Waals surface area contributed by atoms with Crippen molar-refractivity contribution in [1.82, 2.24) is 14.1 Å². The Kier molecular flexibility index (Phi) is 5.77. The highest BCUT2D eigenvalue weighted by Crippen LogP contribution is 2.31. The minimum atomic E-state index is -0.405. The number of hydrogen-bond donors (Lipinski definition) is 0. The van der Waals surface area contributed by atoms with Gasteiger partial charge in [-0.2, -0.15) is 0 Å². The largest absolute Gasteiger partial charge is 0.497 e. The summed E-state index contributed by atoms with van der Waals surface area (Å²) in [5.74, 6) is 0.0246. The number of rotatable bonds is 6. The van der Waals surface area contributed by atoms with Crippen LogP contribution < -0.4 is 4.74 Å². The summed E-state index contributed by atoms with van der Waals surface area (Å²) in [4.78, 5) is 29.8. The number of benzene rings is 2. The van der Waals surface area contributed by atoms with E-state index in [9.17, 15) is 9.59 Å². The van der Waals surface area contributed by atoms with Crippen LogP contribution in [0.2, 0.25) is 5.02 Å². The number of methoxy groups -OCH3 is 1. The summed E-state index contributed by atoms with van der Waals surface area (Å²) in [7, 11) is 1.57. The molecule has 31 heavy (non-hydrogen) atoms. The average molecular weight is 438 g/mol. The van der Waals surface area contributed by atoms with Gasteiger partial charge >= 0.3 is 5.97 Å². The molecule has 7 nitrogen and oxygen atoms in total. The first kappa shape index (κ1) is 20.7. The Morgan fingerprint density at radius 1 is 1.13 bits per heavy atom. The third kappa shape index (κ3) is 4.18. The van der Waals surface area contributed by atoms with Crippen LogP contribution in [0.25, 0.3) is 10.9 Å². The lowest BCUT2D eigenvalue weighted by Gasteiger charge is -2.08. The lowest BCUT2D eigenvalue weighted by molar-refractivity contribution is -0.146. The zero-order chi connectivity index (χ0) is 22.0. The minimum Gasteiger partial charge on any atom is -0.497 e. The standard InChI is InChI=1S/C23H20ClN3O4/c1-15-19(12-22(28)31-14-26-10-9-25-13-26)20-11-18(30-2)7-8-21(20)27(15)23(29)16-3-5-17(24)6-4-16/h3-11,13H,12,14H2,1-2H3. The lowest BCUT2D eigenvalue weighted by atomic mass is 10.1. The first-order valence-electron chi connectivity index (χ1n) is 9.57. The summed E-state index contributed by atoms with van der Waals surface area (Å²) < 4.78 is 14.0. The molecule has 0 amide bonds. The van der Waals surface area contributed by atoms with Crippen LogP contribution in [-0.4, -0.2) is 33.1 Å². The Balaban J connectivity index is 1.72. The molecule has 0 N–H and O–H groups in total. The topological polar surface area (TPSA) is 75.3 Å². The monoisotopic (exact) mass is 437 g/mol. The molecular formula is C23H20ClN3O4. The molecule has 0 saturated heterocycles. The van der Waals surface area contributed by atoms with Gasteiger partial charge in [0.15, 0.2) is 6.73 Å². The SMILES string of the molecule is COc1ccc2c(c1)c(CC(=O)OCn1ccnc1)c(C)n2C(=O)c1ccc(Cl)cc1. The number of fused-ring (bicyclic) bond motifs is 1. The molecule has 4 aromatic rings. The summed E-state index contributed by atoms with van der Waals surface area (Å²) in [6, 6.07) is 12.1. The van der Waals surface area contributed by atoms with Crippen LogP contribution in [0.3, 0.4) is 0 Å². The van der Waals surface area contributed by atoms with Gasteiger partial charge in [0.25, 0.3) is 5.91 Å². The van der Waals surface area contributed by atoms with Gasteiger partial charge in [0.1, 0.15) is 5.75 Å². The fourth-order valence-electron chi connectivity index (χ4n) is 3.50. The number of carbonyl (C=O) groups is 2. The maximum atomic E-state index is 13.3. The summed E-state index contributed by atoms with van der Waals surface area (Å²) in [5.41, 5.74) is 2.57. The molecule has 0 bridgehead atoms. The van der Waals surface area contributed by atoms with Crippen molar-refractivity contribution in [3.8, 4) is 5.75 Å². The van der Waals surface area contributed by atoms with Crippen molar-refractivity contribution in [1.29, 1.82) is 0 Å². The molecule has 4 rings (SSSR count). The van der Waals surface area contributed by atoms with Crippen LogP contribution in [0.15, 0.2) is 61.2 Å². The lowest BCUT2D eigenvalue weighted by Crippen LogP contribution is -2.15. The Bertz CT molecular complexity index is 1240. The first-order chi connectivity index (χ1) is 15.0. The molecule has 0 aliphatic carbocycles. The molecule has 0 saturated carbocycles. The number of aromatic nitrogens is 3. The molecule has 0 radical (unpaired) electrons. The Hall–Kier alpha value is -3.58. The highest BCUT2D eigenvalue weighted by atomic mass is 35.5. The van der Waals surface area contributed by atoms with Crippen molar-refractivity contribution in [2.24, 2.45) is 0 Å². The number of hydrogen-bond acceptors (Lipinski definition) is 5. The average Bonchev–Trinajstić information content (AvgIpc) is 3.39. The van der Waals surface area contributed by atoms with E-state index < -0.39 is 5.97 Å². The highest BCUT2D eigenvalue weighted by molar-refractivity contribution is 6.30. The molecule has 0 aliphatic rings. The highest BCUT2D eigenvalue weighted by Gasteiger charge is 2.22. The Labute approximate surface area is 183 Å². The summed E-state index contributed by atoms with van der Waals surface area (Å²) in [5, 5.41) is 1.32. The van der Waals surface area contributed by atoms with Gasteiger partial charge in [-0.1, -0.05) is 11.6 Å². The van der Waals surface area contributed by atoms with Crippen molar-refractivity contribution in [3.05, 3.63) is 83.0 Å². The molecule has 8 heteroatoms. The molecular weight excluding hydrogens is 418 g/mol. The summed E-state index contributed by atoms with van der Waals surface area (Å²) in [6.45, 7) is 1.89. The number of carbonyl (C=O) groups excluding carboxylic acids is 2. The van der Waals surface area contributed by atoms with E-state index in [4.69, 9.17) is 21.1 Å². The Morgan fingerprint density at radius 3 is 2.58 bits per heavy atom. The zero-order valence-corrected chi connectivity index (χ0v) is 17.8. The van der Waals surface area contributed by atoms with E-state index in [0.29, 0.717) is 33.1 Å². The van der Waals surface area contributed by atoms with Crippen molar-refractivity contribution >= 4 is 34.4 Å². The van der Waals surface area contributed by atoms with E-state index in [0.717, 1.165) is 5.39 Å². The second-order valence-electron chi connectivity index (χ2n) is 6.99. The van der Waals surface area contributed by atoms with Gasteiger partial charge in [-0.05, 0) is 55.0 Å². The molecule has 0 unspecified atom stereocenters. The van der Waals surface area contributed by atoms with Gasteiger partial charge in [0, 0.05) is 34.1 Å². The maximum Gasteiger partial charge on any atom is 0.312 e. The van der Waals surface area contributed by atoms with Crippen LogP contribution in [0.5, 0.6) is 5.75 Å². The van der Waals surface area contributed by atoms with Crippen LogP contribution in [0.4, 0.5) is 0 Å². The second kappa shape index (κ2) is 8.65. The third-order valence-electron chi connectivity index (χ3n) is 5.09. The van der Waals surface area contributed by atoms with Crippen molar-refractivity contribution < 1.29 is 19.1 Å². The van der Waals surface area contributed by atoms with Gasteiger partial charge in [-0.25, -0.2) is 4.98 Å². The van der Waals surface area contributed by atoms with E-state index in [1.807, 2.05) is 19.1 Å². The van der Waals surface area contributed by atoms with E-state index in [2.05, 4.69) is 4.98 Å². The van der Waals surface area contributed by atoms with Crippen LogP contribution in [0.1, 0.15) is 21.6 Å². The van der Waals surface area contributed by atoms with E-state index in [1.165, 1.54) is 0 Å². The van der Waals surface area contributed by atoms with Crippen molar-refractivity contribution in [2.75, 3.05) is 7.11 Å². The normalized spacial score (nSPS) is 10.9. The molecule has 2 aromatic heterocycles.